The van der Waals surface area contributed by atoms with E-state index in [0.29, 0.717) is 35.8 Å². The van der Waals surface area contributed by atoms with Gasteiger partial charge in [0.15, 0.2) is 0 Å². The summed E-state index contributed by atoms with van der Waals surface area (Å²) < 4.78 is 27.0. The first-order valence-corrected chi connectivity index (χ1v) is 11.8. The molecule has 1 saturated heterocycles. The lowest BCUT2D eigenvalue weighted by atomic mass is 10.1. The Kier molecular flexibility index (Phi) is 7.33. The Morgan fingerprint density at radius 1 is 1.07 bits per heavy atom. The van der Waals surface area contributed by atoms with E-state index in [0.717, 1.165) is 30.4 Å². The number of nitrogens with one attached hydrogen (secondary N) is 1. The predicted molar refractivity (Wildman–Crippen MR) is 115 cm³/mol. The van der Waals surface area contributed by atoms with Crippen molar-refractivity contribution in [3.05, 3.63) is 64.7 Å². The standard InChI is InChI=1S/C22H27ClN2O3S/c1-17(20-7-3-4-8-21(20)23)24-22(26)14-11-18-9-12-19(13-10-18)29(27,28)25-15-5-2-6-16-25/h3-4,7-10,12-13,17H,2,5-6,11,14-16H2,1H3,(H,24,26). The number of carbonyl (C=O) groups is 1. The Hall–Kier alpha value is -1.89. The quantitative estimate of drug-likeness (QED) is 0.705. The molecule has 0 aliphatic carbocycles. The molecule has 1 amide bonds. The minimum atomic E-state index is -3.42. The number of rotatable bonds is 7. The lowest BCUT2D eigenvalue weighted by molar-refractivity contribution is -0.121. The van der Waals surface area contributed by atoms with E-state index in [1.54, 1.807) is 34.6 Å². The molecule has 0 radical (unpaired) electrons. The van der Waals surface area contributed by atoms with Crippen LogP contribution in [0, 0.1) is 0 Å². The number of halogens is 1. The van der Waals surface area contributed by atoms with Crippen molar-refractivity contribution in [1.82, 2.24) is 9.62 Å². The third-order valence-corrected chi connectivity index (χ3v) is 7.52. The number of carbonyl (C=O) groups excluding carboxylic acids is 1. The molecular formula is C22H27ClN2O3S. The van der Waals surface area contributed by atoms with Crippen molar-refractivity contribution in [2.24, 2.45) is 0 Å². The minimum Gasteiger partial charge on any atom is -0.350 e. The second kappa shape index (κ2) is 9.74. The van der Waals surface area contributed by atoms with Gasteiger partial charge in [-0.1, -0.05) is 48.4 Å². The zero-order chi connectivity index (χ0) is 20.9. The van der Waals surface area contributed by atoms with Gasteiger partial charge >= 0.3 is 0 Å². The number of sulfonamides is 1. The van der Waals surface area contributed by atoms with E-state index < -0.39 is 10.0 Å². The van der Waals surface area contributed by atoms with Gasteiger partial charge in [-0.15, -0.1) is 0 Å². The lowest BCUT2D eigenvalue weighted by Crippen LogP contribution is -2.35. The summed E-state index contributed by atoms with van der Waals surface area (Å²) in [6.45, 7) is 3.08. The average molecular weight is 435 g/mol. The molecule has 3 rings (SSSR count). The predicted octanol–water partition coefficient (Wildman–Crippen LogP) is 4.32. The molecule has 0 saturated carbocycles. The largest absolute Gasteiger partial charge is 0.350 e. The summed E-state index contributed by atoms with van der Waals surface area (Å²) in [5.74, 6) is -0.0672. The van der Waals surface area contributed by atoms with Crippen LogP contribution < -0.4 is 5.32 Å². The van der Waals surface area contributed by atoms with Gasteiger partial charge in [0.25, 0.3) is 0 Å². The van der Waals surface area contributed by atoms with Gasteiger partial charge in [-0.2, -0.15) is 4.31 Å². The van der Waals surface area contributed by atoms with Gasteiger partial charge in [-0.25, -0.2) is 8.42 Å². The highest BCUT2D eigenvalue weighted by Crippen LogP contribution is 2.23. The van der Waals surface area contributed by atoms with E-state index in [-0.39, 0.29) is 11.9 Å². The van der Waals surface area contributed by atoms with Gasteiger partial charge < -0.3 is 5.32 Å². The summed E-state index contributed by atoms with van der Waals surface area (Å²) in [5, 5.41) is 3.59. The summed E-state index contributed by atoms with van der Waals surface area (Å²) >= 11 is 6.18. The zero-order valence-corrected chi connectivity index (χ0v) is 18.2. The van der Waals surface area contributed by atoms with Crippen molar-refractivity contribution in [2.45, 2.75) is 50.0 Å². The number of amides is 1. The van der Waals surface area contributed by atoms with Crippen molar-refractivity contribution in [3.8, 4) is 0 Å². The Morgan fingerprint density at radius 2 is 1.72 bits per heavy atom. The van der Waals surface area contributed by atoms with Crippen LogP contribution in [0.3, 0.4) is 0 Å². The van der Waals surface area contributed by atoms with Gasteiger partial charge in [0, 0.05) is 24.5 Å². The first-order chi connectivity index (χ1) is 13.9. The van der Waals surface area contributed by atoms with Crippen LogP contribution in [0.2, 0.25) is 5.02 Å². The van der Waals surface area contributed by atoms with E-state index in [4.69, 9.17) is 11.6 Å². The van der Waals surface area contributed by atoms with Crippen molar-refractivity contribution in [1.29, 1.82) is 0 Å². The number of benzene rings is 2. The van der Waals surface area contributed by atoms with E-state index in [1.807, 2.05) is 25.1 Å². The molecule has 1 aliphatic heterocycles. The fraction of sp³-hybridized carbons (Fsp3) is 0.409. The van der Waals surface area contributed by atoms with E-state index >= 15 is 0 Å². The highest BCUT2D eigenvalue weighted by atomic mass is 35.5. The molecule has 1 atom stereocenters. The van der Waals surface area contributed by atoms with E-state index in [1.165, 1.54) is 0 Å². The van der Waals surface area contributed by atoms with Crippen molar-refractivity contribution >= 4 is 27.5 Å². The summed E-state index contributed by atoms with van der Waals surface area (Å²) in [5.41, 5.74) is 1.82. The molecular weight excluding hydrogens is 408 g/mol. The second-order valence-corrected chi connectivity index (χ2v) is 9.76. The van der Waals surface area contributed by atoms with Gasteiger partial charge in [-0.3, -0.25) is 4.79 Å². The number of piperidine rings is 1. The lowest BCUT2D eigenvalue weighted by Gasteiger charge is -2.25. The normalized spacial score (nSPS) is 16.3. The first-order valence-electron chi connectivity index (χ1n) is 10.0. The van der Waals surface area contributed by atoms with Crippen LogP contribution in [0.15, 0.2) is 53.4 Å². The van der Waals surface area contributed by atoms with Gasteiger partial charge in [0.1, 0.15) is 0 Å². The Labute approximate surface area is 178 Å². The van der Waals surface area contributed by atoms with Crippen LogP contribution in [0.4, 0.5) is 0 Å². The van der Waals surface area contributed by atoms with Gasteiger partial charge in [-0.05, 0) is 55.5 Å². The molecule has 2 aromatic carbocycles. The number of hydrogen-bond donors (Lipinski definition) is 1. The fourth-order valence-electron chi connectivity index (χ4n) is 3.56. The molecule has 0 spiro atoms. The topological polar surface area (TPSA) is 66.5 Å². The van der Waals surface area contributed by atoms with Gasteiger partial charge in [0.05, 0.1) is 10.9 Å². The van der Waals surface area contributed by atoms with Crippen LogP contribution >= 0.6 is 11.6 Å². The van der Waals surface area contributed by atoms with Crippen molar-refractivity contribution < 1.29 is 13.2 Å². The number of nitrogens with zero attached hydrogens (tertiary/aromatic N) is 1. The molecule has 1 fully saturated rings. The molecule has 1 aliphatic rings. The molecule has 2 aromatic rings. The molecule has 5 nitrogen and oxygen atoms in total. The fourth-order valence-corrected chi connectivity index (χ4v) is 5.37. The summed E-state index contributed by atoms with van der Waals surface area (Å²) in [4.78, 5) is 12.6. The van der Waals surface area contributed by atoms with Crippen molar-refractivity contribution in [3.63, 3.8) is 0 Å². The maximum absolute atomic E-state index is 12.7. The summed E-state index contributed by atoms with van der Waals surface area (Å²) in [6.07, 6.45) is 3.79. The van der Waals surface area contributed by atoms with Crippen LogP contribution in [-0.2, 0) is 21.2 Å². The van der Waals surface area contributed by atoms with E-state index in [2.05, 4.69) is 5.32 Å². The molecule has 0 bridgehead atoms. The molecule has 156 valence electrons. The second-order valence-electron chi connectivity index (χ2n) is 7.42. The van der Waals surface area contributed by atoms with Crippen LogP contribution in [0.1, 0.15) is 49.8 Å². The monoisotopic (exact) mass is 434 g/mol. The van der Waals surface area contributed by atoms with E-state index in [9.17, 15) is 13.2 Å². The third kappa shape index (κ3) is 5.59. The molecule has 0 aromatic heterocycles. The third-order valence-electron chi connectivity index (χ3n) is 5.27. The SMILES string of the molecule is CC(NC(=O)CCc1ccc(S(=O)(=O)N2CCCCC2)cc1)c1ccccc1Cl. The minimum absolute atomic E-state index is 0.0672. The highest BCUT2D eigenvalue weighted by Gasteiger charge is 2.25. The number of aryl methyl sites for hydroxylation is 1. The molecule has 1 heterocycles. The van der Waals surface area contributed by atoms with Crippen LogP contribution in [0.25, 0.3) is 0 Å². The van der Waals surface area contributed by atoms with Gasteiger partial charge in [0.2, 0.25) is 15.9 Å². The molecule has 1 unspecified atom stereocenters. The van der Waals surface area contributed by atoms with Crippen LogP contribution in [0.5, 0.6) is 0 Å². The molecule has 29 heavy (non-hydrogen) atoms. The highest BCUT2D eigenvalue weighted by molar-refractivity contribution is 7.89. The molecule has 7 heteroatoms. The maximum Gasteiger partial charge on any atom is 0.243 e. The van der Waals surface area contributed by atoms with Crippen LogP contribution in [-0.4, -0.2) is 31.7 Å². The smallest absolute Gasteiger partial charge is 0.243 e. The Bertz CT molecular complexity index is 939. The molecule has 1 N–H and O–H groups in total. The number of hydrogen-bond acceptors (Lipinski definition) is 3. The Morgan fingerprint density at radius 3 is 2.38 bits per heavy atom. The maximum atomic E-state index is 12.7. The zero-order valence-electron chi connectivity index (χ0n) is 16.6. The average Bonchev–Trinajstić information content (AvgIpc) is 2.73. The Balaban J connectivity index is 1.54. The first kappa shape index (κ1) is 21.8. The summed E-state index contributed by atoms with van der Waals surface area (Å²) in [6, 6.07) is 14.1. The van der Waals surface area contributed by atoms with Crippen molar-refractivity contribution in [2.75, 3.05) is 13.1 Å². The summed E-state index contributed by atoms with van der Waals surface area (Å²) in [7, 11) is -3.42.